The topological polar surface area (TPSA) is 108 Å². The molecule has 0 aliphatic carbocycles. The number of amides is 2. The third-order valence-electron chi connectivity index (χ3n) is 4.73. The zero-order valence-corrected chi connectivity index (χ0v) is 17.6. The molecule has 30 heavy (non-hydrogen) atoms. The van der Waals surface area contributed by atoms with Crippen LogP contribution in [0.5, 0.6) is 0 Å². The Bertz CT molecular complexity index is 1070. The number of sulfonamides is 1. The maximum Gasteiger partial charge on any atom is 0.263 e. The van der Waals surface area contributed by atoms with Crippen LogP contribution in [0, 0.1) is 0 Å². The first-order valence-corrected chi connectivity index (χ1v) is 11.1. The van der Waals surface area contributed by atoms with E-state index >= 15 is 0 Å². The number of likely N-dealkylation sites (N-methyl/N-ethyl adjacent to an activating group) is 1. The number of hydrogen-bond donors (Lipinski definition) is 2. The molecule has 2 amide bonds. The second kappa shape index (κ2) is 9.08. The molecule has 0 saturated heterocycles. The van der Waals surface area contributed by atoms with Gasteiger partial charge in [0, 0.05) is 18.7 Å². The Labute approximate surface area is 176 Å². The standard InChI is InChI=1S/C21H24N4O4S/c1-3-25(14-16-9-5-4-6-10-16)19(26)13-22-21(27)15(2)23-20-17-11-7-8-12-18(17)30(28,29)24-20/h4-12,15H,3,13-14H2,1-2H3,(H,22,27)(H,23,24)/t15-/m0/s1. The van der Waals surface area contributed by atoms with Crippen LogP contribution in [0.2, 0.25) is 0 Å². The summed E-state index contributed by atoms with van der Waals surface area (Å²) in [5.41, 5.74) is 1.43. The van der Waals surface area contributed by atoms with Gasteiger partial charge in [0.25, 0.3) is 10.0 Å². The predicted octanol–water partition coefficient (Wildman–Crippen LogP) is 1.28. The van der Waals surface area contributed by atoms with Crippen LogP contribution < -0.4 is 10.0 Å². The molecule has 1 atom stereocenters. The number of amidine groups is 1. The summed E-state index contributed by atoms with van der Waals surface area (Å²) in [5.74, 6) is -0.546. The highest BCUT2D eigenvalue weighted by Gasteiger charge is 2.31. The van der Waals surface area contributed by atoms with Gasteiger partial charge >= 0.3 is 0 Å². The molecule has 0 spiro atoms. The van der Waals surface area contributed by atoms with E-state index in [4.69, 9.17) is 0 Å². The summed E-state index contributed by atoms with van der Waals surface area (Å²) in [6, 6.07) is 15.2. The molecule has 0 bridgehead atoms. The van der Waals surface area contributed by atoms with Crippen LogP contribution >= 0.6 is 0 Å². The molecule has 8 nitrogen and oxygen atoms in total. The minimum atomic E-state index is -3.67. The SMILES string of the molecule is CCN(Cc1ccccc1)C(=O)CNC(=O)[C@H](C)N=C1NS(=O)(=O)c2ccccc21. The van der Waals surface area contributed by atoms with Gasteiger partial charge in [0.15, 0.2) is 0 Å². The molecule has 2 aromatic carbocycles. The molecule has 0 unspecified atom stereocenters. The highest BCUT2D eigenvalue weighted by molar-refractivity contribution is 7.90. The number of aliphatic imine (C=N–C) groups is 1. The summed E-state index contributed by atoms with van der Waals surface area (Å²) in [4.78, 5) is 30.9. The van der Waals surface area contributed by atoms with E-state index in [0.717, 1.165) is 5.56 Å². The molecule has 3 rings (SSSR count). The number of nitrogens with one attached hydrogen (secondary N) is 2. The quantitative estimate of drug-likeness (QED) is 0.692. The molecule has 9 heteroatoms. The van der Waals surface area contributed by atoms with E-state index in [2.05, 4.69) is 15.0 Å². The van der Waals surface area contributed by atoms with E-state index in [1.54, 1.807) is 30.0 Å². The Balaban J connectivity index is 1.61. The van der Waals surface area contributed by atoms with Crippen LogP contribution in [0.15, 0.2) is 64.5 Å². The van der Waals surface area contributed by atoms with E-state index in [-0.39, 0.29) is 23.2 Å². The molecular weight excluding hydrogens is 404 g/mol. The van der Waals surface area contributed by atoms with Gasteiger partial charge in [-0.05, 0) is 31.5 Å². The summed E-state index contributed by atoms with van der Waals surface area (Å²) in [5, 5.41) is 2.59. The fourth-order valence-corrected chi connectivity index (χ4v) is 4.32. The predicted molar refractivity (Wildman–Crippen MR) is 113 cm³/mol. The zero-order valence-electron chi connectivity index (χ0n) is 16.8. The summed E-state index contributed by atoms with van der Waals surface area (Å²) in [7, 11) is -3.67. The lowest BCUT2D eigenvalue weighted by Gasteiger charge is -2.21. The molecule has 1 aliphatic heterocycles. The normalized spacial score (nSPS) is 16.4. The number of rotatable bonds is 7. The lowest BCUT2D eigenvalue weighted by Crippen LogP contribution is -2.42. The molecular formula is C21H24N4O4S. The van der Waals surface area contributed by atoms with Crippen molar-refractivity contribution in [3.8, 4) is 0 Å². The lowest BCUT2D eigenvalue weighted by atomic mass is 10.2. The van der Waals surface area contributed by atoms with Gasteiger partial charge in [0.05, 0.1) is 11.4 Å². The molecule has 1 aliphatic rings. The van der Waals surface area contributed by atoms with Gasteiger partial charge < -0.3 is 10.2 Å². The molecule has 2 N–H and O–H groups in total. The largest absolute Gasteiger partial charge is 0.345 e. The van der Waals surface area contributed by atoms with Crippen LogP contribution in [-0.2, 0) is 26.2 Å². The van der Waals surface area contributed by atoms with Crippen molar-refractivity contribution in [2.24, 2.45) is 4.99 Å². The van der Waals surface area contributed by atoms with Gasteiger partial charge in [-0.3, -0.25) is 19.3 Å². The molecule has 158 valence electrons. The van der Waals surface area contributed by atoms with Crippen molar-refractivity contribution in [3.05, 3.63) is 65.7 Å². The zero-order chi connectivity index (χ0) is 21.7. The Kier molecular flexibility index (Phi) is 6.51. The fourth-order valence-electron chi connectivity index (χ4n) is 3.08. The van der Waals surface area contributed by atoms with Gasteiger partial charge in [0.1, 0.15) is 11.9 Å². The Morgan fingerprint density at radius 2 is 1.77 bits per heavy atom. The van der Waals surface area contributed by atoms with Gasteiger partial charge in [-0.25, -0.2) is 8.42 Å². The van der Waals surface area contributed by atoms with E-state index < -0.39 is 22.0 Å². The van der Waals surface area contributed by atoms with Crippen molar-refractivity contribution in [3.63, 3.8) is 0 Å². The molecule has 2 aromatic rings. The number of carbonyl (C=O) groups is 2. The van der Waals surface area contributed by atoms with E-state index in [1.807, 2.05) is 37.3 Å². The van der Waals surface area contributed by atoms with Crippen LogP contribution in [0.25, 0.3) is 0 Å². The molecule has 0 radical (unpaired) electrons. The van der Waals surface area contributed by atoms with Gasteiger partial charge in [-0.15, -0.1) is 0 Å². The van der Waals surface area contributed by atoms with Crippen LogP contribution in [0.1, 0.15) is 25.0 Å². The van der Waals surface area contributed by atoms with Crippen molar-refractivity contribution in [2.45, 2.75) is 31.3 Å². The average Bonchev–Trinajstić information content (AvgIpc) is 3.00. The van der Waals surface area contributed by atoms with E-state index in [0.29, 0.717) is 18.7 Å². The Morgan fingerprint density at radius 3 is 2.47 bits per heavy atom. The summed E-state index contributed by atoms with van der Waals surface area (Å²) >= 11 is 0. The van der Waals surface area contributed by atoms with Crippen molar-refractivity contribution in [1.82, 2.24) is 14.9 Å². The number of hydrogen-bond acceptors (Lipinski definition) is 5. The van der Waals surface area contributed by atoms with Crippen molar-refractivity contribution < 1.29 is 18.0 Å². The minimum absolute atomic E-state index is 0.124. The second-order valence-electron chi connectivity index (χ2n) is 6.87. The van der Waals surface area contributed by atoms with Crippen LogP contribution in [-0.4, -0.2) is 50.1 Å². The van der Waals surface area contributed by atoms with Crippen molar-refractivity contribution in [1.29, 1.82) is 0 Å². The van der Waals surface area contributed by atoms with E-state index in [9.17, 15) is 18.0 Å². The van der Waals surface area contributed by atoms with Gasteiger partial charge in [-0.2, -0.15) is 0 Å². The first kappa shape index (κ1) is 21.5. The minimum Gasteiger partial charge on any atom is -0.345 e. The molecule has 1 heterocycles. The number of benzene rings is 2. The second-order valence-corrected chi connectivity index (χ2v) is 8.52. The monoisotopic (exact) mass is 428 g/mol. The van der Waals surface area contributed by atoms with Gasteiger partial charge in [0.2, 0.25) is 11.8 Å². The number of fused-ring (bicyclic) bond motifs is 1. The molecule has 0 aromatic heterocycles. The van der Waals surface area contributed by atoms with Crippen LogP contribution in [0.4, 0.5) is 0 Å². The lowest BCUT2D eigenvalue weighted by molar-refractivity contribution is -0.133. The first-order valence-electron chi connectivity index (χ1n) is 9.61. The third kappa shape index (κ3) is 4.85. The Hall–Kier alpha value is -3.20. The highest BCUT2D eigenvalue weighted by atomic mass is 32.2. The smallest absolute Gasteiger partial charge is 0.263 e. The van der Waals surface area contributed by atoms with Crippen molar-refractivity contribution >= 4 is 27.7 Å². The summed E-state index contributed by atoms with van der Waals surface area (Å²) < 4.78 is 26.7. The Morgan fingerprint density at radius 1 is 1.10 bits per heavy atom. The van der Waals surface area contributed by atoms with Crippen molar-refractivity contribution in [2.75, 3.05) is 13.1 Å². The van der Waals surface area contributed by atoms with E-state index in [1.165, 1.54) is 6.07 Å². The van der Waals surface area contributed by atoms with Crippen LogP contribution in [0.3, 0.4) is 0 Å². The number of nitrogens with zero attached hydrogens (tertiary/aromatic N) is 2. The highest BCUT2D eigenvalue weighted by Crippen LogP contribution is 2.22. The molecule has 0 saturated carbocycles. The summed E-state index contributed by atoms with van der Waals surface area (Å²) in [6.07, 6.45) is 0. The maximum atomic E-state index is 12.5. The summed E-state index contributed by atoms with van der Waals surface area (Å²) in [6.45, 7) is 4.24. The number of carbonyl (C=O) groups excluding carboxylic acids is 2. The fraction of sp³-hybridized carbons (Fsp3) is 0.286. The van der Waals surface area contributed by atoms with Gasteiger partial charge in [-0.1, -0.05) is 42.5 Å². The maximum absolute atomic E-state index is 12.5. The first-order chi connectivity index (χ1) is 14.3. The average molecular weight is 429 g/mol. The third-order valence-corrected chi connectivity index (χ3v) is 6.13. The molecule has 0 fully saturated rings.